The van der Waals surface area contributed by atoms with Crippen molar-refractivity contribution in [2.75, 3.05) is 0 Å². The van der Waals surface area contributed by atoms with Crippen LogP contribution in [0.15, 0.2) is 42.0 Å². The summed E-state index contributed by atoms with van der Waals surface area (Å²) >= 11 is 0. The lowest BCUT2D eigenvalue weighted by molar-refractivity contribution is -0.178. The minimum Gasteiger partial charge on any atom is -0.459 e. The Morgan fingerprint density at radius 1 is 1.39 bits per heavy atom. The molecule has 1 heterocycles. The van der Waals surface area contributed by atoms with Crippen LogP contribution in [-0.2, 0) is 20.9 Å². The lowest BCUT2D eigenvalue weighted by Gasteiger charge is -2.16. The number of ether oxygens (including phenoxy) is 1. The second kappa shape index (κ2) is 5.01. The Morgan fingerprint density at radius 2 is 2.06 bits per heavy atom. The maximum atomic E-state index is 11.7. The van der Waals surface area contributed by atoms with Gasteiger partial charge in [0.1, 0.15) is 6.61 Å². The van der Waals surface area contributed by atoms with Gasteiger partial charge in [-0.15, -0.1) is 0 Å². The van der Waals surface area contributed by atoms with Gasteiger partial charge < -0.3 is 4.74 Å². The highest BCUT2D eigenvalue weighted by molar-refractivity contribution is 5.99. The van der Waals surface area contributed by atoms with E-state index in [1.54, 1.807) is 0 Å². The molecule has 1 aliphatic heterocycles. The van der Waals surface area contributed by atoms with Gasteiger partial charge in [-0.1, -0.05) is 30.3 Å². The number of hydroxylamine groups is 2. The molecule has 5 nitrogen and oxygen atoms in total. The molecule has 0 aromatic heterocycles. The van der Waals surface area contributed by atoms with E-state index < -0.39 is 17.9 Å². The Labute approximate surface area is 104 Å². The molecule has 0 saturated carbocycles. The first-order valence-electron chi connectivity index (χ1n) is 5.51. The van der Waals surface area contributed by atoms with Gasteiger partial charge in [-0.25, -0.2) is 9.86 Å². The van der Waals surface area contributed by atoms with Crippen molar-refractivity contribution in [2.24, 2.45) is 0 Å². The maximum absolute atomic E-state index is 11.7. The zero-order valence-corrected chi connectivity index (χ0v) is 9.87. The van der Waals surface area contributed by atoms with Crippen molar-refractivity contribution < 1.29 is 19.5 Å². The van der Waals surface area contributed by atoms with Crippen molar-refractivity contribution in [1.82, 2.24) is 5.06 Å². The van der Waals surface area contributed by atoms with Gasteiger partial charge in [-0.3, -0.25) is 10.0 Å². The highest BCUT2D eigenvalue weighted by atomic mass is 16.6. The summed E-state index contributed by atoms with van der Waals surface area (Å²) < 4.78 is 5.04. The molecule has 0 aliphatic carbocycles. The number of carbonyl (C=O) groups is 2. The van der Waals surface area contributed by atoms with Crippen molar-refractivity contribution in [3.63, 3.8) is 0 Å². The zero-order valence-electron chi connectivity index (χ0n) is 9.87. The molecule has 0 unspecified atom stereocenters. The Hall–Kier alpha value is -2.14. The van der Waals surface area contributed by atoms with Gasteiger partial charge in [0.25, 0.3) is 5.91 Å². The van der Waals surface area contributed by atoms with E-state index in [4.69, 9.17) is 4.74 Å². The molecular weight excluding hydrogens is 234 g/mol. The smallest absolute Gasteiger partial charge is 0.335 e. The van der Waals surface area contributed by atoms with Gasteiger partial charge in [0.15, 0.2) is 6.04 Å². The number of hydrogen-bond donors (Lipinski definition) is 1. The van der Waals surface area contributed by atoms with Gasteiger partial charge >= 0.3 is 5.97 Å². The van der Waals surface area contributed by atoms with Gasteiger partial charge in [0.05, 0.1) is 0 Å². The van der Waals surface area contributed by atoms with E-state index in [0.29, 0.717) is 10.6 Å². The van der Waals surface area contributed by atoms with Crippen molar-refractivity contribution >= 4 is 11.9 Å². The number of benzene rings is 1. The van der Waals surface area contributed by atoms with Gasteiger partial charge in [0.2, 0.25) is 0 Å². The summed E-state index contributed by atoms with van der Waals surface area (Å²) in [6.45, 7) is 1.65. The molecule has 0 bridgehead atoms. The minimum absolute atomic E-state index is 0.116. The maximum Gasteiger partial charge on any atom is 0.335 e. The normalized spacial score (nSPS) is 18.8. The van der Waals surface area contributed by atoms with Crippen LogP contribution in [-0.4, -0.2) is 28.2 Å². The number of carbonyl (C=O) groups excluding carboxylic acids is 2. The van der Waals surface area contributed by atoms with E-state index in [0.717, 1.165) is 5.56 Å². The quantitative estimate of drug-likeness (QED) is 0.645. The minimum atomic E-state index is -1.04. The molecule has 1 N–H and O–H groups in total. The lowest BCUT2D eigenvalue weighted by Crippen LogP contribution is -2.37. The largest absolute Gasteiger partial charge is 0.459 e. The standard InChI is InChI=1S/C13H13NO4/c1-9-7-11(14(17)12(9)15)13(16)18-8-10-5-3-2-4-6-10/h2-7,11,17H,8H2,1H3/t11-/m0/s1. The summed E-state index contributed by atoms with van der Waals surface area (Å²) in [5.41, 5.74) is 1.18. The molecule has 94 valence electrons. The third-order valence-electron chi connectivity index (χ3n) is 2.68. The second-order valence-electron chi connectivity index (χ2n) is 4.04. The fourth-order valence-electron chi connectivity index (χ4n) is 1.67. The van der Waals surface area contributed by atoms with E-state index in [1.807, 2.05) is 30.3 Å². The number of rotatable bonds is 3. The number of hydrogen-bond acceptors (Lipinski definition) is 4. The topological polar surface area (TPSA) is 66.8 Å². The molecule has 1 aromatic carbocycles. The second-order valence-corrected chi connectivity index (χ2v) is 4.04. The fourth-order valence-corrected chi connectivity index (χ4v) is 1.67. The van der Waals surface area contributed by atoms with Crippen LogP contribution in [0.5, 0.6) is 0 Å². The molecule has 2 rings (SSSR count). The Bertz CT molecular complexity index is 495. The van der Waals surface area contributed by atoms with Crippen LogP contribution in [0.1, 0.15) is 12.5 Å². The van der Waals surface area contributed by atoms with Crippen LogP contribution < -0.4 is 0 Å². The number of esters is 1. The first-order chi connectivity index (χ1) is 8.59. The van der Waals surface area contributed by atoms with Crippen LogP contribution in [0.25, 0.3) is 0 Å². The van der Waals surface area contributed by atoms with Crippen molar-refractivity contribution in [1.29, 1.82) is 0 Å². The molecule has 5 heteroatoms. The van der Waals surface area contributed by atoms with E-state index >= 15 is 0 Å². The average molecular weight is 247 g/mol. The highest BCUT2D eigenvalue weighted by Gasteiger charge is 2.35. The number of nitrogens with zero attached hydrogens (tertiary/aromatic N) is 1. The van der Waals surface area contributed by atoms with Gasteiger partial charge in [-0.2, -0.15) is 0 Å². The molecule has 0 spiro atoms. The summed E-state index contributed by atoms with van der Waals surface area (Å²) in [6.07, 6.45) is 1.38. The molecule has 1 atom stereocenters. The van der Waals surface area contributed by atoms with Crippen LogP contribution >= 0.6 is 0 Å². The molecule has 1 amide bonds. The lowest BCUT2D eigenvalue weighted by atomic mass is 10.2. The first kappa shape index (κ1) is 12.3. The molecule has 0 fully saturated rings. The third-order valence-corrected chi connectivity index (χ3v) is 2.68. The SMILES string of the molecule is CC1=C[C@@H](C(=O)OCc2ccccc2)N(O)C1=O. The zero-order chi connectivity index (χ0) is 13.1. The van der Waals surface area contributed by atoms with E-state index in [2.05, 4.69) is 0 Å². The third kappa shape index (κ3) is 2.41. The van der Waals surface area contributed by atoms with Crippen LogP contribution in [0.2, 0.25) is 0 Å². The molecule has 0 saturated heterocycles. The summed E-state index contributed by atoms with van der Waals surface area (Å²) in [6, 6.07) is 8.15. The van der Waals surface area contributed by atoms with Gasteiger partial charge in [0, 0.05) is 5.57 Å². The molecule has 1 aromatic rings. The predicted molar refractivity (Wildman–Crippen MR) is 62.4 cm³/mol. The Kier molecular flexibility index (Phi) is 3.43. The first-order valence-corrected chi connectivity index (χ1v) is 5.51. The van der Waals surface area contributed by atoms with Gasteiger partial charge in [-0.05, 0) is 18.6 Å². The summed E-state index contributed by atoms with van der Waals surface area (Å²) in [4.78, 5) is 23.0. The Morgan fingerprint density at radius 3 is 2.61 bits per heavy atom. The summed E-state index contributed by atoms with van der Waals surface area (Å²) in [7, 11) is 0. The van der Waals surface area contributed by atoms with Crippen molar-refractivity contribution in [3.8, 4) is 0 Å². The van der Waals surface area contributed by atoms with Crippen molar-refractivity contribution in [2.45, 2.75) is 19.6 Å². The molecule has 18 heavy (non-hydrogen) atoms. The average Bonchev–Trinajstić information content (AvgIpc) is 2.65. The Balaban J connectivity index is 1.96. The van der Waals surface area contributed by atoms with Crippen molar-refractivity contribution in [3.05, 3.63) is 47.5 Å². The fraction of sp³-hybridized carbons (Fsp3) is 0.231. The molecule has 1 aliphatic rings. The summed E-state index contributed by atoms with van der Waals surface area (Å²) in [5, 5.41) is 9.82. The predicted octanol–water partition coefficient (Wildman–Crippen LogP) is 1.28. The number of amides is 1. The van der Waals surface area contributed by atoms with Crippen LogP contribution in [0.4, 0.5) is 0 Å². The van der Waals surface area contributed by atoms with Crippen LogP contribution in [0, 0.1) is 0 Å². The van der Waals surface area contributed by atoms with E-state index in [1.165, 1.54) is 13.0 Å². The van der Waals surface area contributed by atoms with Crippen LogP contribution in [0.3, 0.4) is 0 Å². The molecular formula is C13H13NO4. The monoisotopic (exact) mass is 247 g/mol. The summed E-state index contributed by atoms with van der Waals surface area (Å²) in [5.74, 6) is -1.22. The highest BCUT2D eigenvalue weighted by Crippen LogP contribution is 2.16. The molecule has 0 radical (unpaired) electrons. The van der Waals surface area contributed by atoms with E-state index in [9.17, 15) is 14.8 Å². The van der Waals surface area contributed by atoms with E-state index in [-0.39, 0.29) is 6.61 Å².